The molecule has 0 bridgehead atoms. The van der Waals surface area contributed by atoms with Gasteiger partial charge in [-0.15, -0.1) is 11.3 Å². The lowest BCUT2D eigenvalue weighted by molar-refractivity contribution is -0.383. The molecule has 2 heterocycles. The molecule has 0 fully saturated rings. The summed E-state index contributed by atoms with van der Waals surface area (Å²) in [5, 5.41) is 17.0. The fraction of sp³-hybridized carbons (Fsp3) is 0.0526. The average molecular weight is 395 g/mol. The summed E-state index contributed by atoms with van der Waals surface area (Å²) in [6.45, 7) is 0. The van der Waals surface area contributed by atoms with Crippen molar-refractivity contribution in [1.29, 1.82) is 0 Å². The molecule has 0 unspecified atom stereocenters. The number of anilines is 2. The minimum atomic E-state index is -0.684. The molecule has 0 atom stereocenters. The summed E-state index contributed by atoms with van der Waals surface area (Å²) in [5.41, 5.74) is 0.409. The lowest BCUT2D eigenvalue weighted by atomic mass is 10.1. The summed E-state index contributed by atoms with van der Waals surface area (Å²) >= 11 is 1.31. The van der Waals surface area contributed by atoms with Crippen molar-refractivity contribution in [2.24, 2.45) is 0 Å². The first-order valence-electron chi connectivity index (χ1n) is 8.14. The molecule has 1 N–H and O–H groups in total. The summed E-state index contributed by atoms with van der Waals surface area (Å²) in [6, 6.07) is 13.4. The van der Waals surface area contributed by atoms with E-state index in [2.05, 4.69) is 10.3 Å². The van der Waals surface area contributed by atoms with Crippen LogP contribution in [0.4, 0.5) is 16.5 Å². The van der Waals surface area contributed by atoms with Crippen LogP contribution in [0.1, 0.15) is 0 Å². The van der Waals surface area contributed by atoms with Crippen molar-refractivity contribution in [3.05, 3.63) is 74.4 Å². The summed E-state index contributed by atoms with van der Waals surface area (Å²) in [5.74, 6) is 0.664. The third-order valence-electron chi connectivity index (χ3n) is 4.06. The Hall–Kier alpha value is -3.72. The van der Waals surface area contributed by atoms with Gasteiger partial charge in [-0.1, -0.05) is 24.3 Å². The van der Waals surface area contributed by atoms with Crippen LogP contribution in [0.15, 0.2) is 63.1 Å². The molecule has 4 aromatic rings. The first kappa shape index (κ1) is 17.7. The van der Waals surface area contributed by atoms with E-state index >= 15 is 0 Å². The number of thiazole rings is 1. The Morgan fingerprint density at radius 2 is 2.04 bits per heavy atom. The van der Waals surface area contributed by atoms with Crippen molar-refractivity contribution in [3.63, 3.8) is 0 Å². The summed E-state index contributed by atoms with van der Waals surface area (Å²) < 4.78 is 10.5. The van der Waals surface area contributed by atoms with Crippen molar-refractivity contribution < 1.29 is 14.1 Å². The molecule has 140 valence electrons. The number of nitro groups is 1. The zero-order chi connectivity index (χ0) is 19.7. The average Bonchev–Trinajstić information content (AvgIpc) is 3.15. The maximum absolute atomic E-state index is 12.4. The smallest absolute Gasteiger partial charge is 0.346 e. The van der Waals surface area contributed by atoms with E-state index in [1.165, 1.54) is 17.4 Å². The minimum absolute atomic E-state index is 0.0520. The predicted octanol–water partition coefficient (Wildman–Crippen LogP) is 4.58. The first-order valence-corrected chi connectivity index (χ1v) is 9.02. The molecule has 0 saturated carbocycles. The number of aromatic nitrogens is 1. The van der Waals surface area contributed by atoms with Crippen molar-refractivity contribution in [3.8, 4) is 17.0 Å². The Morgan fingerprint density at radius 1 is 1.21 bits per heavy atom. The number of nitro benzene ring substituents is 1. The Balaban J connectivity index is 1.72. The van der Waals surface area contributed by atoms with E-state index in [1.807, 2.05) is 24.3 Å². The van der Waals surface area contributed by atoms with Gasteiger partial charge >= 0.3 is 11.3 Å². The van der Waals surface area contributed by atoms with E-state index in [0.717, 1.165) is 5.69 Å². The van der Waals surface area contributed by atoms with Gasteiger partial charge in [0.05, 0.1) is 29.0 Å². The fourth-order valence-electron chi connectivity index (χ4n) is 2.77. The van der Waals surface area contributed by atoms with Crippen LogP contribution < -0.4 is 15.7 Å². The Labute approximate surface area is 162 Å². The highest BCUT2D eigenvalue weighted by atomic mass is 32.1. The van der Waals surface area contributed by atoms with Gasteiger partial charge in [0.25, 0.3) is 0 Å². The molecular weight excluding hydrogens is 382 g/mol. The number of methoxy groups -OCH3 is 1. The number of non-ortho nitro benzene ring substituents is 1. The van der Waals surface area contributed by atoms with E-state index in [1.54, 1.807) is 30.7 Å². The minimum Gasteiger partial charge on any atom is -0.495 e. The van der Waals surface area contributed by atoms with E-state index in [-0.39, 0.29) is 16.8 Å². The van der Waals surface area contributed by atoms with Crippen LogP contribution in [0.5, 0.6) is 5.75 Å². The van der Waals surface area contributed by atoms with Crippen LogP contribution in [0.2, 0.25) is 0 Å². The first-order chi connectivity index (χ1) is 13.6. The number of rotatable bonds is 5. The van der Waals surface area contributed by atoms with Gasteiger partial charge in [0.1, 0.15) is 5.75 Å². The van der Waals surface area contributed by atoms with Gasteiger partial charge in [-0.25, -0.2) is 9.78 Å². The van der Waals surface area contributed by atoms with Crippen molar-refractivity contribution >= 4 is 38.8 Å². The molecule has 0 aliphatic carbocycles. The zero-order valence-electron chi connectivity index (χ0n) is 14.5. The fourth-order valence-corrected chi connectivity index (χ4v) is 3.49. The quantitative estimate of drug-likeness (QED) is 0.299. The van der Waals surface area contributed by atoms with Gasteiger partial charge < -0.3 is 14.5 Å². The standard InChI is InChI=1S/C19H13N3O5S/c1-26-16-8-3-2-6-13(16)20-19-21-14(10-28-19)12-9-11-5-4-7-15(22(24)25)17(11)27-18(12)23/h2-10H,1H3,(H,20,21). The number of hydrogen-bond acceptors (Lipinski definition) is 8. The molecular formula is C19H13N3O5S. The molecule has 9 heteroatoms. The number of hydrogen-bond donors (Lipinski definition) is 1. The van der Waals surface area contributed by atoms with Crippen LogP contribution in [-0.2, 0) is 0 Å². The van der Waals surface area contributed by atoms with E-state index < -0.39 is 10.5 Å². The Kier molecular flexibility index (Phi) is 4.50. The van der Waals surface area contributed by atoms with Gasteiger partial charge in [-0.05, 0) is 18.2 Å². The summed E-state index contributed by atoms with van der Waals surface area (Å²) in [6.07, 6.45) is 0. The van der Waals surface area contributed by atoms with Crippen molar-refractivity contribution in [2.75, 3.05) is 12.4 Å². The molecule has 4 rings (SSSR count). The second-order valence-electron chi connectivity index (χ2n) is 5.76. The number of benzene rings is 2. The van der Waals surface area contributed by atoms with Gasteiger partial charge in [0.15, 0.2) is 5.13 Å². The topological polar surface area (TPSA) is 108 Å². The second kappa shape index (κ2) is 7.12. The van der Waals surface area contributed by atoms with Crippen LogP contribution >= 0.6 is 11.3 Å². The molecule has 0 saturated heterocycles. The van der Waals surface area contributed by atoms with E-state index in [0.29, 0.717) is 22.0 Å². The Morgan fingerprint density at radius 3 is 2.82 bits per heavy atom. The lowest BCUT2D eigenvalue weighted by Gasteiger charge is -2.08. The highest BCUT2D eigenvalue weighted by molar-refractivity contribution is 7.14. The molecule has 0 aliphatic heterocycles. The summed E-state index contributed by atoms with van der Waals surface area (Å²) in [7, 11) is 1.58. The monoisotopic (exact) mass is 395 g/mol. The predicted molar refractivity (Wildman–Crippen MR) is 107 cm³/mol. The highest BCUT2D eigenvalue weighted by Gasteiger charge is 2.18. The third kappa shape index (κ3) is 3.19. The molecule has 28 heavy (non-hydrogen) atoms. The highest BCUT2D eigenvalue weighted by Crippen LogP contribution is 2.32. The van der Waals surface area contributed by atoms with E-state index in [4.69, 9.17) is 9.15 Å². The zero-order valence-corrected chi connectivity index (χ0v) is 15.4. The lowest BCUT2D eigenvalue weighted by Crippen LogP contribution is -2.04. The largest absolute Gasteiger partial charge is 0.495 e. The van der Waals surface area contributed by atoms with Gasteiger partial charge in [-0.2, -0.15) is 0 Å². The number of para-hydroxylation sites is 3. The molecule has 0 aliphatic rings. The maximum atomic E-state index is 12.4. The number of nitrogens with one attached hydrogen (secondary N) is 1. The van der Waals surface area contributed by atoms with Gasteiger partial charge in [-0.3, -0.25) is 10.1 Å². The summed E-state index contributed by atoms with van der Waals surface area (Å²) in [4.78, 5) is 27.4. The van der Waals surface area contributed by atoms with Crippen molar-refractivity contribution in [2.45, 2.75) is 0 Å². The maximum Gasteiger partial charge on any atom is 0.346 e. The number of ether oxygens (including phenoxy) is 1. The van der Waals surface area contributed by atoms with Crippen LogP contribution in [0.25, 0.3) is 22.2 Å². The molecule has 0 amide bonds. The van der Waals surface area contributed by atoms with Gasteiger partial charge in [0, 0.05) is 16.8 Å². The number of nitrogens with zero attached hydrogens (tertiary/aromatic N) is 2. The van der Waals surface area contributed by atoms with Crippen LogP contribution in [-0.4, -0.2) is 17.0 Å². The van der Waals surface area contributed by atoms with Gasteiger partial charge in [0.2, 0.25) is 5.58 Å². The third-order valence-corrected chi connectivity index (χ3v) is 4.82. The Bertz CT molecular complexity index is 1250. The van der Waals surface area contributed by atoms with Crippen molar-refractivity contribution in [1.82, 2.24) is 4.98 Å². The normalized spacial score (nSPS) is 10.8. The molecule has 8 nitrogen and oxygen atoms in total. The van der Waals surface area contributed by atoms with Crippen LogP contribution in [0.3, 0.4) is 0 Å². The second-order valence-corrected chi connectivity index (χ2v) is 6.62. The molecule has 0 radical (unpaired) electrons. The van der Waals surface area contributed by atoms with E-state index in [9.17, 15) is 14.9 Å². The SMILES string of the molecule is COc1ccccc1Nc1nc(-c2cc3cccc([N+](=O)[O-])c3oc2=O)cs1. The molecule has 0 spiro atoms. The number of fused-ring (bicyclic) bond motifs is 1. The van der Waals surface area contributed by atoms with Crippen LogP contribution in [0, 0.1) is 10.1 Å². The molecule has 2 aromatic carbocycles. The molecule has 2 aromatic heterocycles.